The van der Waals surface area contributed by atoms with Crippen LogP contribution in [0.4, 0.5) is 0 Å². The van der Waals surface area contributed by atoms with Crippen molar-refractivity contribution in [3.05, 3.63) is 140 Å². The number of ketones is 3. The molecular weight excluding hydrogens is 971 g/mol. The zero-order valence-corrected chi connectivity index (χ0v) is 41.5. The number of hydrogen-bond acceptors (Lipinski definition) is 17. The number of fused-ring (bicyclic) bond motifs is 3. The van der Waals surface area contributed by atoms with Crippen LogP contribution in [-0.4, -0.2) is 130 Å². The van der Waals surface area contributed by atoms with Crippen LogP contribution in [0.2, 0.25) is 0 Å². The Morgan fingerprint density at radius 1 is 0.867 bits per heavy atom. The first kappa shape index (κ1) is 51.9. The zero-order chi connectivity index (χ0) is 53.8. The number of amides is 2. The number of phenolic OH excluding ortho intramolecular Hbond substituents is 4. The van der Waals surface area contributed by atoms with E-state index in [1.807, 2.05) is 26.0 Å². The smallest absolute Gasteiger partial charge is 0.289 e. The molecule has 4 unspecified atom stereocenters. The quantitative estimate of drug-likeness (QED) is 0.0673. The summed E-state index contributed by atoms with van der Waals surface area (Å²) >= 11 is 0. The lowest BCUT2D eigenvalue weighted by Crippen LogP contribution is -2.55. The van der Waals surface area contributed by atoms with E-state index in [2.05, 4.69) is 20.8 Å². The molecular formula is C55H55N5O15. The molecule has 2 heterocycles. The number of carbonyl (C=O) groups excluding carboxylic acids is 5. The third-order valence-electron chi connectivity index (χ3n) is 14.1. The Kier molecular flexibility index (Phi) is 14.1. The number of rotatable bonds is 14. The first-order valence-corrected chi connectivity index (χ1v) is 24.3. The van der Waals surface area contributed by atoms with Gasteiger partial charge in [0.2, 0.25) is 11.6 Å². The molecule has 5 aromatic carbocycles. The van der Waals surface area contributed by atoms with E-state index < -0.39 is 107 Å². The van der Waals surface area contributed by atoms with Gasteiger partial charge in [-0.3, -0.25) is 28.5 Å². The second-order valence-electron chi connectivity index (χ2n) is 19.2. The summed E-state index contributed by atoms with van der Waals surface area (Å²) in [6.45, 7) is 6.33. The Labute approximate surface area is 429 Å². The van der Waals surface area contributed by atoms with E-state index >= 15 is 0 Å². The number of ether oxygens (including phenoxy) is 3. The molecule has 1 aromatic heterocycles. The molecule has 0 radical (unpaired) electrons. The Balaban J connectivity index is 0.923. The minimum Gasteiger partial charge on any atom is -0.508 e. The van der Waals surface area contributed by atoms with Gasteiger partial charge in [0.05, 0.1) is 47.6 Å². The highest BCUT2D eigenvalue weighted by Crippen LogP contribution is 2.53. The number of carbonyl (C=O) groups is 5. The van der Waals surface area contributed by atoms with Crippen molar-refractivity contribution in [1.82, 2.24) is 25.4 Å². The summed E-state index contributed by atoms with van der Waals surface area (Å²) in [6.07, 6.45) is -6.03. The van der Waals surface area contributed by atoms with E-state index in [4.69, 9.17) is 14.2 Å². The number of hydrogen-bond donors (Lipinski definition) is 9. The Morgan fingerprint density at radius 2 is 1.55 bits per heavy atom. The minimum absolute atomic E-state index is 0.00998. The van der Waals surface area contributed by atoms with Crippen LogP contribution in [0.3, 0.4) is 0 Å². The molecule has 75 heavy (non-hydrogen) atoms. The molecule has 20 nitrogen and oxygen atoms in total. The van der Waals surface area contributed by atoms with Gasteiger partial charge in [0, 0.05) is 59.8 Å². The monoisotopic (exact) mass is 1030 g/mol. The van der Waals surface area contributed by atoms with E-state index in [-0.39, 0.29) is 74.6 Å². The number of aromatic hydroxyl groups is 4. The Morgan fingerprint density at radius 3 is 2.20 bits per heavy atom. The van der Waals surface area contributed by atoms with Gasteiger partial charge in [-0.15, -0.1) is 10.2 Å². The van der Waals surface area contributed by atoms with Crippen LogP contribution in [0.25, 0.3) is 17.1 Å². The van der Waals surface area contributed by atoms with Crippen LogP contribution in [0.15, 0.2) is 78.9 Å². The number of phenols is 4. The maximum Gasteiger partial charge on any atom is 0.289 e. The van der Waals surface area contributed by atoms with Gasteiger partial charge in [-0.05, 0) is 79.3 Å². The largest absolute Gasteiger partial charge is 0.508 e. The van der Waals surface area contributed by atoms with Crippen molar-refractivity contribution < 1.29 is 73.9 Å². The first-order valence-electron chi connectivity index (χ1n) is 24.3. The van der Waals surface area contributed by atoms with Crippen molar-refractivity contribution in [2.45, 2.75) is 95.5 Å². The van der Waals surface area contributed by atoms with E-state index in [9.17, 15) is 59.7 Å². The van der Waals surface area contributed by atoms with E-state index in [0.29, 0.717) is 24.2 Å². The van der Waals surface area contributed by atoms with Gasteiger partial charge in [-0.2, -0.15) is 0 Å². The summed E-state index contributed by atoms with van der Waals surface area (Å²) in [5, 5.41) is 91.9. The van der Waals surface area contributed by atoms with Crippen LogP contribution in [-0.2, 0) is 27.1 Å². The highest BCUT2D eigenvalue weighted by Gasteiger charge is 2.50. The fourth-order valence-corrected chi connectivity index (χ4v) is 10.2. The molecule has 3 aliphatic rings. The third-order valence-corrected chi connectivity index (χ3v) is 14.1. The van der Waals surface area contributed by atoms with E-state index in [1.165, 1.54) is 42.9 Å². The standard InChI is InChI=1S/C55H55N5O15/c1-6-56-54(71)52-59-58-51(33-19-32(25(2)3)36(62)21-37(33)63)60(52)30-16-12-28(13-17-30)18-27-10-14-29(15-11-27)53(70)57-35-20-41(74-26(4)46(35)65)75-39-23-55(72,40(64)24-61)22-34-43(39)50(69)45-44(48(34)67)47(66)31-8-7-9-38(73-5)42(31)49(45)68/h7-17,19,21,25-26,35,39,41,46,61-63,65,67,69,72H,6,18,20,22-24H2,1-5H3,(H,56,71)(H,57,70)/t26?,35?,39-,41?,46?,55-/m0/s1. The van der Waals surface area contributed by atoms with Crippen molar-refractivity contribution in [2.24, 2.45) is 0 Å². The van der Waals surface area contributed by atoms with Crippen molar-refractivity contribution in [3.8, 4) is 45.8 Å². The zero-order valence-electron chi connectivity index (χ0n) is 41.5. The first-order chi connectivity index (χ1) is 35.8. The fourth-order valence-electron chi connectivity index (χ4n) is 10.2. The van der Waals surface area contributed by atoms with Crippen LogP contribution in [0, 0.1) is 0 Å². The van der Waals surface area contributed by atoms with Gasteiger partial charge < -0.3 is 60.6 Å². The lowest BCUT2D eigenvalue weighted by Gasteiger charge is -2.43. The van der Waals surface area contributed by atoms with Crippen molar-refractivity contribution in [1.29, 1.82) is 0 Å². The molecule has 6 atom stereocenters. The predicted octanol–water partition coefficient (Wildman–Crippen LogP) is 4.60. The maximum absolute atomic E-state index is 14.1. The van der Waals surface area contributed by atoms with E-state index in [0.717, 1.165) is 11.1 Å². The number of benzene rings is 5. The molecule has 1 fully saturated rings. The molecule has 0 spiro atoms. The van der Waals surface area contributed by atoms with Gasteiger partial charge in [0.25, 0.3) is 11.8 Å². The Hall–Kier alpha value is -8.01. The lowest BCUT2D eigenvalue weighted by molar-refractivity contribution is -0.249. The average molecular weight is 1030 g/mol. The van der Waals surface area contributed by atoms with Gasteiger partial charge >= 0.3 is 0 Å². The highest BCUT2D eigenvalue weighted by molar-refractivity contribution is 6.31. The molecule has 0 bridgehead atoms. The third kappa shape index (κ3) is 9.35. The number of aromatic nitrogens is 3. The summed E-state index contributed by atoms with van der Waals surface area (Å²) in [5.41, 5.74) is -0.839. The molecule has 2 amide bonds. The SMILES string of the molecule is CCNC(=O)c1nnc(-c2cc(C(C)C)c(O)cc2O)n1-c1ccc(Cc2ccc(C(=O)NC3CC(O[C@H]4C[C@](O)(C(=O)CO)Cc5c(O)c6c(c(O)c54)C(=O)c4c(OC)cccc4C6=O)OC(C)C3O)cc2)cc1. The predicted molar refractivity (Wildman–Crippen MR) is 267 cm³/mol. The topological polar surface area (TPSA) is 309 Å². The van der Waals surface area contributed by atoms with Crippen molar-refractivity contribution >= 4 is 29.2 Å². The summed E-state index contributed by atoms with van der Waals surface area (Å²) in [4.78, 5) is 68.0. The van der Waals surface area contributed by atoms with Gasteiger partial charge in [0.15, 0.2) is 23.7 Å². The molecule has 6 aromatic rings. The van der Waals surface area contributed by atoms with Crippen molar-refractivity contribution in [3.63, 3.8) is 0 Å². The summed E-state index contributed by atoms with van der Waals surface area (Å²) in [6, 6.07) is 20.2. The van der Waals surface area contributed by atoms with Gasteiger partial charge in [-0.1, -0.05) is 50.2 Å². The molecule has 390 valence electrons. The minimum atomic E-state index is -2.38. The molecule has 9 rings (SSSR count). The molecule has 2 aliphatic carbocycles. The van der Waals surface area contributed by atoms with Crippen LogP contribution < -0.4 is 15.4 Å². The van der Waals surface area contributed by atoms with Crippen LogP contribution in [0.1, 0.15) is 133 Å². The number of Topliss-reactive ketones (excluding diaryl/α,β-unsaturated/α-hetero) is 1. The fraction of sp³-hybridized carbons (Fsp3) is 0.327. The molecule has 0 saturated carbocycles. The second kappa shape index (κ2) is 20.4. The average Bonchev–Trinajstić information content (AvgIpc) is 3.83. The van der Waals surface area contributed by atoms with Gasteiger partial charge in [0.1, 0.15) is 47.1 Å². The molecule has 20 heteroatoms. The highest BCUT2D eigenvalue weighted by atomic mass is 16.7. The molecule has 9 N–H and O–H groups in total. The van der Waals surface area contributed by atoms with Crippen LogP contribution in [0.5, 0.6) is 28.7 Å². The van der Waals surface area contributed by atoms with E-state index in [1.54, 1.807) is 49.4 Å². The van der Waals surface area contributed by atoms with Crippen LogP contribution >= 0.6 is 0 Å². The number of methoxy groups -OCH3 is 1. The number of nitrogens with one attached hydrogen (secondary N) is 2. The summed E-state index contributed by atoms with van der Waals surface area (Å²) in [5.74, 6) is -5.42. The van der Waals surface area contributed by atoms with Crippen molar-refractivity contribution in [2.75, 3.05) is 20.3 Å². The number of aliphatic hydroxyl groups is 3. The molecule has 1 aliphatic heterocycles. The number of nitrogens with zero attached hydrogens (tertiary/aromatic N) is 3. The summed E-state index contributed by atoms with van der Waals surface area (Å²) in [7, 11) is 1.30. The van der Waals surface area contributed by atoms with Gasteiger partial charge in [-0.25, -0.2) is 0 Å². The normalized spacial score (nSPS) is 21.0. The summed E-state index contributed by atoms with van der Waals surface area (Å²) < 4.78 is 19.2. The maximum atomic E-state index is 14.1. The second-order valence-corrected chi connectivity index (χ2v) is 19.2. The Bertz CT molecular complexity index is 3280. The lowest BCUT2D eigenvalue weighted by atomic mass is 9.72. The number of aliphatic hydroxyl groups excluding tert-OH is 2. The molecule has 1 saturated heterocycles.